The van der Waals surface area contributed by atoms with Gasteiger partial charge in [0.1, 0.15) is 5.75 Å². The van der Waals surface area contributed by atoms with Crippen molar-refractivity contribution < 1.29 is 4.74 Å². The van der Waals surface area contributed by atoms with E-state index in [2.05, 4.69) is 64.6 Å². The van der Waals surface area contributed by atoms with Crippen molar-refractivity contribution in [2.75, 3.05) is 20.7 Å². The van der Waals surface area contributed by atoms with Gasteiger partial charge >= 0.3 is 0 Å². The summed E-state index contributed by atoms with van der Waals surface area (Å²) in [5, 5.41) is 3.31. The van der Waals surface area contributed by atoms with Crippen molar-refractivity contribution in [3.63, 3.8) is 0 Å². The lowest BCUT2D eigenvalue weighted by atomic mass is 9.91. The molecule has 1 atom stereocenters. The third-order valence-electron chi connectivity index (χ3n) is 3.66. The van der Waals surface area contributed by atoms with Crippen molar-refractivity contribution in [1.29, 1.82) is 0 Å². The Labute approximate surface area is 135 Å². The highest BCUT2D eigenvalue weighted by atomic mass is 79.9. The van der Waals surface area contributed by atoms with Crippen LogP contribution in [-0.2, 0) is 6.42 Å². The van der Waals surface area contributed by atoms with Crippen molar-refractivity contribution in [2.24, 2.45) is 0 Å². The average Bonchev–Trinajstić information content (AvgIpc) is 2.47. The van der Waals surface area contributed by atoms with Crippen LogP contribution >= 0.6 is 15.9 Å². The number of likely N-dealkylation sites (N-methyl/N-ethyl adjacent to an activating group) is 1. The zero-order valence-electron chi connectivity index (χ0n) is 12.8. The molecule has 2 rings (SSSR count). The Morgan fingerprint density at radius 3 is 2.62 bits per heavy atom. The monoisotopic (exact) mass is 347 g/mol. The van der Waals surface area contributed by atoms with Crippen molar-refractivity contribution in [1.82, 2.24) is 5.32 Å². The van der Waals surface area contributed by atoms with Crippen LogP contribution in [0.2, 0.25) is 0 Å². The molecule has 2 aromatic rings. The Morgan fingerprint density at radius 2 is 2.00 bits per heavy atom. The molecule has 0 aliphatic heterocycles. The highest BCUT2D eigenvalue weighted by Gasteiger charge is 2.13. The minimum atomic E-state index is 0.468. The zero-order chi connectivity index (χ0) is 15.2. The van der Waals surface area contributed by atoms with Gasteiger partial charge < -0.3 is 10.1 Å². The van der Waals surface area contributed by atoms with E-state index in [1.165, 1.54) is 16.7 Å². The highest BCUT2D eigenvalue weighted by Crippen LogP contribution is 2.28. The topological polar surface area (TPSA) is 21.3 Å². The minimum Gasteiger partial charge on any atom is -0.496 e. The lowest BCUT2D eigenvalue weighted by Crippen LogP contribution is -2.19. The zero-order valence-corrected chi connectivity index (χ0v) is 14.4. The first kappa shape index (κ1) is 16.1. The first-order chi connectivity index (χ1) is 10.1. The second-order valence-corrected chi connectivity index (χ2v) is 6.20. The molecule has 1 N–H and O–H groups in total. The molecule has 0 amide bonds. The van der Waals surface area contributed by atoms with Crippen LogP contribution in [-0.4, -0.2) is 20.7 Å². The summed E-state index contributed by atoms with van der Waals surface area (Å²) in [5.41, 5.74) is 4.00. The Balaban J connectivity index is 2.22. The van der Waals surface area contributed by atoms with Gasteiger partial charge in [0.2, 0.25) is 0 Å². The largest absolute Gasteiger partial charge is 0.496 e. The fourth-order valence-corrected chi connectivity index (χ4v) is 3.19. The highest BCUT2D eigenvalue weighted by molar-refractivity contribution is 9.10. The molecule has 2 aromatic carbocycles. The summed E-state index contributed by atoms with van der Waals surface area (Å²) in [4.78, 5) is 0. The van der Waals surface area contributed by atoms with E-state index >= 15 is 0 Å². The molecule has 3 heteroatoms. The number of hydrogen-bond donors (Lipinski definition) is 1. The van der Waals surface area contributed by atoms with Crippen LogP contribution in [0.25, 0.3) is 0 Å². The van der Waals surface area contributed by atoms with Crippen LogP contribution in [0.15, 0.2) is 46.9 Å². The summed E-state index contributed by atoms with van der Waals surface area (Å²) in [6, 6.07) is 15.1. The van der Waals surface area contributed by atoms with E-state index in [4.69, 9.17) is 4.74 Å². The SMILES string of the molecule is CNCC(Cc1ccc(OC)c(Br)c1)c1cccc(C)c1. The lowest BCUT2D eigenvalue weighted by Gasteiger charge is -2.18. The molecular weight excluding hydrogens is 326 g/mol. The summed E-state index contributed by atoms with van der Waals surface area (Å²) in [5.74, 6) is 1.34. The molecule has 2 nitrogen and oxygen atoms in total. The molecule has 0 spiro atoms. The van der Waals surface area contributed by atoms with Gasteiger partial charge in [-0.15, -0.1) is 0 Å². The van der Waals surface area contributed by atoms with E-state index in [-0.39, 0.29) is 0 Å². The maximum Gasteiger partial charge on any atom is 0.133 e. The van der Waals surface area contributed by atoms with E-state index in [0.717, 1.165) is 23.2 Å². The molecule has 112 valence electrons. The Bertz CT molecular complexity index is 598. The van der Waals surface area contributed by atoms with Crippen molar-refractivity contribution in [2.45, 2.75) is 19.3 Å². The Hall–Kier alpha value is -1.32. The maximum absolute atomic E-state index is 5.29. The molecule has 0 fully saturated rings. The third-order valence-corrected chi connectivity index (χ3v) is 4.28. The smallest absolute Gasteiger partial charge is 0.133 e. The molecule has 0 aromatic heterocycles. The summed E-state index contributed by atoms with van der Waals surface area (Å²) in [6.07, 6.45) is 1.01. The number of methoxy groups -OCH3 is 1. The van der Waals surface area contributed by atoms with E-state index in [1.54, 1.807) is 7.11 Å². The van der Waals surface area contributed by atoms with Gasteiger partial charge in [-0.25, -0.2) is 0 Å². The number of hydrogen-bond acceptors (Lipinski definition) is 2. The fraction of sp³-hybridized carbons (Fsp3) is 0.333. The van der Waals surface area contributed by atoms with Gasteiger partial charge in [-0.3, -0.25) is 0 Å². The standard InChI is InChI=1S/C18H22BrNO/c1-13-5-4-6-15(9-13)16(12-20-2)10-14-7-8-18(21-3)17(19)11-14/h4-9,11,16,20H,10,12H2,1-3H3. The predicted octanol–water partition coefficient (Wildman–Crippen LogP) is 4.31. The quantitative estimate of drug-likeness (QED) is 0.840. The number of nitrogens with one attached hydrogen (secondary N) is 1. The van der Waals surface area contributed by atoms with E-state index in [1.807, 2.05) is 13.1 Å². The molecule has 0 saturated carbocycles. The van der Waals surface area contributed by atoms with E-state index in [0.29, 0.717) is 5.92 Å². The van der Waals surface area contributed by atoms with Crippen LogP contribution in [0, 0.1) is 6.92 Å². The van der Waals surface area contributed by atoms with Crippen molar-refractivity contribution >= 4 is 15.9 Å². The van der Waals surface area contributed by atoms with Crippen molar-refractivity contribution in [3.05, 3.63) is 63.6 Å². The summed E-state index contributed by atoms with van der Waals surface area (Å²) >= 11 is 3.56. The Kier molecular flexibility index (Phi) is 5.83. The number of rotatable bonds is 6. The third kappa shape index (κ3) is 4.32. The molecule has 0 saturated heterocycles. The van der Waals surface area contributed by atoms with E-state index in [9.17, 15) is 0 Å². The number of halogens is 1. The van der Waals surface area contributed by atoms with Crippen molar-refractivity contribution in [3.8, 4) is 5.75 Å². The first-order valence-electron chi connectivity index (χ1n) is 7.17. The lowest BCUT2D eigenvalue weighted by molar-refractivity contribution is 0.412. The van der Waals surface area contributed by atoms with Gasteiger partial charge in [0.15, 0.2) is 0 Å². The first-order valence-corrected chi connectivity index (χ1v) is 7.97. The molecule has 0 aliphatic carbocycles. The van der Waals surface area contributed by atoms with Gasteiger partial charge in [0.25, 0.3) is 0 Å². The number of ether oxygens (including phenoxy) is 1. The van der Waals surface area contributed by atoms with Gasteiger partial charge in [-0.2, -0.15) is 0 Å². The molecular formula is C18H22BrNO. The predicted molar refractivity (Wildman–Crippen MR) is 92.2 cm³/mol. The summed E-state index contributed by atoms with van der Waals surface area (Å²) in [6.45, 7) is 3.11. The molecule has 0 bridgehead atoms. The average molecular weight is 348 g/mol. The van der Waals surface area contributed by atoms with Gasteiger partial charge in [0.05, 0.1) is 11.6 Å². The van der Waals surface area contributed by atoms with E-state index < -0.39 is 0 Å². The van der Waals surface area contributed by atoms with Crippen LogP contribution in [0.4, 0.5) is 0 Å². The summed E-state index contributed by atoms with van der Waals surface area (Å²) in [7, 11) is 3.70. The minimum absolute atomic E-state index is 0.468. The molecule has 21 heavy (non-hydrogen) atoms. The maximum atomic E-state index is 5.29. The fourth-order valence-electron chi connectivity index (χ4n) is 2.60. The van der Waals surface area contributed by atoms with Crippen LogP contribution in [0.1, 0.15) is 22.6 Å². The second-order valence-electron chi connectivity index (χ2n) is 5.34. The number of aryl methyl sites for hydroxylation is 1. The molecule has 1 unspecified atom stereocenters. The molecule has 0 radical (unpaired) electrons. The second kappa shape index (κ2) is 7.62. The van der Waals surface area contributed by atoms with Crippen LogP contribution in [0.5, 0.6) is 5.75 Å². The van der Waals surface area contributed by atoms with Gasteiger partial charge in [0, 0.05) is 12.5 Å². The number of benzene rings is 2. The molecule has 0 heterocycles. The Morgan fingerprint density at radius 1 is 1.19 bits per heavy atom. The molecule has 0 aliphatic rings. The van der Waals surface area contributed by atoms with Gasteiger partial charge in [-0.1, -0.05) is 35.9 Å². The van der Waals surface area contributed by atoms with Crippen LogP contribution in [0.3, 0.4) is 0 Å². The van der Waals surface area contributed by atoms with Crippen LogP contribution < -0.4 is 10.1 Å². The van der Waals surface area contributed by atoms with Gasteiger partial charge in [-0.05, 0) is 59.6 Å². The normalized spacial score (nSPS) is 12.2. The summed E-state index contributed by atoms with van der Waals surface area (Å²) < 4.78 is 6.30.